The number of hydrogen-bond acceptors (Lipinski definition) is 5. The number of carbonyl (C=O) groups excluding carboxylic acids is 3. The molecular weight excluding hydrogens is 459 g/mol. The Hall–Kier alpha value is -4.02. The predicted octanol–water partition coefficient (Wildman–Crippen LogP) is 2.00. The highest BCUT2D eigenvalue weighted by Crippen LogP contribution is 2.16. The van der Waals surface area contributed by atoms with Gasteiger partial charge in [0.2, 0.25) is 5.91 Å². The van der Waals surface area contributed by atoms with Crippen molar-refractivity contribution < 1.29 is 28.7 Å². The number of benzene rings is 1. The first-order valence-corrected chi connectivity index (χ1v) is 11.1. The Kier molecular flexibility index (Phi) is 10.1. The Morgan fingerprint density at radius 2 is 1.71 bits per heavy atom. The first-order valence-electron chi connectivity index (χ1n) is 11.1. The zero-order valence-electron chi connectivity index (χ0n) is 19.6. The Morgan fingerprint density at radius 1 is 1.06 bits per heavy atom. The highest BCUT2D eigenvalue weighted by Gasteiger charge is 2.29. The van der Waals surface area contributed by atoms with Crippen molar-refractivity contribution in [2.75, 3.05) is 25.1 Å². The smallest absolute Gasteiger partial charge is 0.321 e. The van der Waals surface area contributed by atoms with Gasteiger partial charge in [-0.25, -0.2) is 9.18 Å². The molecule has 1 aromatic carbocycles. The topological polar surface area (TPSA) is 138 Å². The fourth-order valence-electron chi connectivity index (χ4n) is 3.49. The van der Waals surface area contributed by atoms with Crippen LogP contribution in [0, 0.1) is 0 Å². The first kappa shape index (κ1) is 27.2. The maximum atomic E-state index is 13.2. The number of pyridine rings is 1. The molecule has 0 fully saturated rings. The molecule has 188 valence electrons. The van der Waals surface area contributed by atoms with Gasteiger partial charge in [0, 0.05) is 25.7 Å². The molecule has 0 aliphatic carbocycles. The summed E-state index contributed by atoms with van der Waals surface area (Å²) in [7, 11) is 0. The minimum atomic E-state index is -1.59. The monoisotopic (exact) mass is 488 g/mol. The molecule has 0 aliphatic rings. The number of aromatic nitrogens is 1. The van der Waals surface area contributed by atoms with Crippen LogP contribution in [0.15, 0.2) is 53.5 Å². The Bertz CT molecular complexity index is 1100. The molecule has 2 rings (SSSR count). The van der Waals surface area contributed by atoms with E-state index in [0.717, 1.165) is 4.57 Å². The van der Waals surface area contributed by atoms with Crippen molar-refractivity contribution in [1.82, 2.24) is 14.8 Å². The number of Topliss-reactive ketones (excluding diaryl/α,β-unsaturated/α-hetero) is 1. The number of alkyl halides is 1. The van der Waals surface area contributed by atoms with Gasteiger partial charge in [0.25, 0.3) is 5.56 Å². The molecule has 0 radical (unpaired) electrons. The van der Waals surface area contributed by atoms with E-state index < -0.39 is 54.4 Å². The van der Waals surface area contributed by atoms with Crippen LogP contribution in [0.1, 0.15) is 31.9 Å². The SMILES string of the molecule is CCN(CC)C(=O)Nc1cccn([C@@H](Cc2ccccc2)C(=O)NC(CC(=O)O)C(=O)CF)c1=O. The van der Waals surface area contributed by atoms with Crippen molar-refractivity contribution in [2.24, 2.45) is 0 Å². The highest BCUT2D eigenvalue weighted by atomic mass is 19.1. The number of carboxylic acid groups (broad SMARTS) is 1. The molecule has 1 unspecified atom stereocenters. The van der Waals surface area contributed by atoms with Crippen molar-refractivity contribution in [3.63, 3.8) is 0 Å². The van der Waals surface area contributed by atoms with Crippen molar-refractivity contribution >= 4 is 29.4 Å². The van der Waals surface area contributed by atoms with Crippen LogP contribution in [-0.4, -0.2) is 64.1 Å². The molecule has 0 bridgehead atoms. The third-order valence-corrected chi connectivity index (χ3v) is 5.39. The third kappa shape index (κ3) is 7.49. The number of hydrogen-bond donors (Lipinski definition) is 3. The number of halogens is 1. The van der Waals surface area contributed by atoms with Crippen LogP contribution in [0.4, 0.5) is 14.9 Å². The molecule has 35 heavy (non-hydrogen) atoms. The number of ketones is 1. The van der Waals surface area contributed by atoms with Gasteiger partial charge in [-0.3, -0.25) is 19.2 Å². The van der Waals surface area contributed by atoms with Crippen LogP contribution >= 0.6 is 0 Å². The summed E-state index contributed by atoms with van der Waals surface area (Å²) in [6.07, 6.45) is 0.566. The minimum Gasteiger partial charge on any atom is -0.481 e. The van der Waals surface area contributed by atoms with Crippen LogP contribution in [-0.2, 0) is 20.8 Å². The van der Waals surface area contributed by atoms with E-state index in [1.807, 2.05) is 0 Å². The van der Waals surface area contributed by atoms with Gasteiger partial charge in [-0.1, -0.05) is 30.3 Å². The second-order valence-corrected chi connectivity index (χ2v) is 7.70. The second-order valence-electron chi connectivity index (χ2n) is 7.70. The average molecular weight is 489 g/mol. The van der Waals surface area contributed by atoms with Crippen LogP contribution in [0.2, 0.25) is 0 Å². The molecule has 0 saturated carbocycles. The molecule has 0 saturated heterocycles. The standard InChI is InChI=1S/C24H29FN4O6/c1-3-28(4-2)24(35)27-17-11-8-12-29(23(17)34)19(13-16-9-6-5-7-10-16)22(33)26-18(14-21(31)32)20(30)15-25/h5-12,18-19H,3-4,13-15H2,1-2H3,(H,26,33)(H,27,35)(H,31,32)/t18?,19-/m0/s1. The summed E-state index contributed by atoms with van der Waals surface area (Å²) in [5, 5.41) is 13.9. The van der Waals surface area contributed by atoms with Crippen LogP contribution in [0.3, 0.4) is 0 Å². The molecular formula is C24H29FN4O6. The summed E-state index contributed by atoms with van der Waals surface area (Å²) < 4.78 is 14.1. The summed E-state index contributed by atoms with van der Waals surface area (Å²) in [4.78, 5) is 63.4. The van der Waals surface area contributed by atoms with Gasteiger partial charge in [-0.05, 0) is 31.5 Å². The van der Waals surface area contributed by atoms with E-state index in [2.05, 4.69) is 10.6 Å². The molecule has 3 N–H and O–H groups in total. The van der Waals surface area contributed by atoms with E-state index in [0.29, 0.717) is 18.7 Å². The zero-order chi connectivity index (χ0) is 26.0. The summed E-state index contributed by atoms with van der Waals surface area (Å²) >= 11 is 0. The molecule has 10 nitrogen and oxygen atoms in total. The summed E-state index contributed by atoms with van der Waals surface area (Å²) in [6.45, 7) is 2.98. The van der Waals surface area contributed by atoms with Crippen LogP contribution in [0.25, 0.3) is 0 Å². The van der Waals surface area contributed by atoms with Gasteiger partial charge >= 0.3 is 12.0 Å². The number of amides is 3. The normalized spacial score (nSPS) is 12.3. The van der Waals surface area contributed by atoms with Crippen molar-refractivity contribution in [3.8, 4) is 0 Å². The minimum absolute atomic E-state index is 0.0175. The number of carbonyl (C=O) groups is 4. The molecule has 11 heteroatoms. The second kappa shape index (κ2) is 13.0. The quantitative estimate of drug-likeness (QED) is 0.418. The van der Waals surface area contributed by atoms with E-state index >= 15 is 0 Å². The van der Waals surface area contributed by atoms with Crippen molar-refractivity contribution in [1.29, 1.82) is 0 Å². The molecule has 3 amide bonds. The largest absolute Gasteiger partial charge is 0.481 e. The summed E-state index contributed by atoms with van der Waals surface area (Å²) in [5.41, 5.74) is -0.0448. The molecule has 1 heterocycles. The van der Waals surface area contributed by atoms with E-state index in [4.69, 9.17) is 5.11 Å². The number of anilines is 1. The lowest BCUT2D eigenvalue weighted by molar-refractivity contribution is -0.140. The molecule has 2 atom stereocenters. The molecule has 0 aliphatic heterocycles. The number of carboxylic acids is 1. The Labute approximate surface area is 201 Å². The van der Waals surface area contributed by atoms with Crippen molar-refractivity contribution in [3.05, 3.63) is 64.6 Å². The van der Waals surface area contributed by atoms with E-state index in [-0.39, 0.29) is 12.1 Å². The number of rotatable bonds is 12. The van der Waals surface area contributed by atoms with Gasteiger partial charge in [0.15, 0.2) is 5.78 Å². The lowest BCUT2D eigenvalue weighted by atomic mass is 10.0. The van der Waals surface area contributed by atoms with Crippen molar-refractivity contribution in [2.45, 2.75) is 38.8 Å². The maximum Gasteiger partial charge on any atom is 0.321 e. The fourth-order valence-corrected chi connectivity index (χ4v) is 3.49. The molecule has 0 spiro atoms. The fraction of sp³-hybridized carbons (Fsp3) is 0.375. The summed E-state index contributed by atoms with van der Waals surface area (Å²) in [6, 6.07) is 8.33. The Balaban J connectivity index is 2.45. The maximum absolute atomic E-state index is 13.2. The molecule has 2 aromatic rings. The number of nitrogens with one attached hydrogen (secondary N) is 2. The third-order valence-electron chi connectivity index (χ3n) is 5.39. The first-order chi connectivity index (χ1) is 16.7. The lowest BCUT2D eigenvalue weighted by Gasteiger charge is -2.24. The Morgan fingerprint density at radius 3 is 2.29 bits per heavy atom. The van der Waals surface area contributed by atoms with E-state index in [1.54, 1.807) is 44.2 Å². The molecule has 1 aromatic heterocycles. The van der Waals surface area contributed by atoms with Crippen LogP contribution < -0.4 is 16.2 Å². The van der Waals surface area contributed by atoms with E-state index in [1.165, 1.54) is 23.2 Å². The van der Waals surface area contributed by atoms with Gasteiger partial charge in [-0.15, -0.1) is 0 Å². The average Bonchev–Trinajstić information content (AvgIpc) is 2.84. The predicted molar refractivity (Wildman–Crippen MR) is 127 cm³/mol. The number of aliphatic carboxylic acids is 1. The summed E-state index contributed by atoms with van der Waals surface area (Å²) in [5.74, 6) is -3.32. The van der Waals surface area contributed by atoms with Gasteiger partial charge in [-0.2, -0.15) is 0 Å². The zero-order valence-corrected chi connectivity index (χ0v) is 19.6. The van der Waals surface area contributed by atoms with E-state index in [9.17, 15) is 28.4 Å². The van der Waals surface area contributed by atoms with Gasteiger partial charge in [0.1, 0.15) is 24.4 Å². The number of nitrogens with zero attached hydrogens (tertiary/aromatic N) is 2. The lowest BCUT2D eigenvalue weighted by Crippen LogP contribution is -2.47. The van der Waals surface area contributed by atoms with Gasteiger partial charge in [0.05, 0.1) is 6.42 Å². The van der Waals surface area contributed by atoms with Gasteiger partial charge < -0.3 is 25.2 Å². The van der Waals surface area contributed by atoms with Crippen LogP contribution in [0.5, 0.6) is 0 Å². The highest BCUT2D eigenvalue weighted by molar-refractivity contribution is 5.93. The number of urea groups is 1.